The van der Waals surface area contributed by atoms with E-state index >= 15 is 0 Å². The molecule has 0 aliphatic carbocycles. The molecule has 1 heterocycles. The fraction of sp³-hybridized carbons (Fsp3) is 0.190. The molecule has 4 nitrogen and oxygen atoms in total. The Kier molecular flexibility index (Phi) is 6.42. The first-order valence-electron chi connectivity index (χ1n) is 8.70. The number of likely N-dealkylation sites (N-methyl/N-ethyl adjacent to an activating group) is 1. The van der Waals surface area contributed by atoms with Crippen LogP contribution in [-0.2, 0) is 16.1 Å². The van der Waals surface area contributed by atoms with E-state index in [-0.39, 0.29) is 18.4 Å². The summed E-state index contributed by atoms with van der Waals surface area (Å²) < 4.78 is 0.422. The van der Waals surface area contributed by atoms with Crippen molar-refractivity contribution in [2.45, 2.75) is 13.5 Å². The SMILES string of the molecule is CCN(Cc1ccccc1)C(=O)CN1C(=O)C(=Cc2ccccc2)SC1=S. The van der Waals surface area contributed by atoms with E-state index in [1.807, 2.05) is 73.7 Å². The second-order valence-corrected chi connectivity index (χ2v) is 7.75. The number of amides is 2. The Bertz CT molecular complexity index is 866. The van der Waals surface area contributed by atoms with Crippen LogP contribution >= 0.6 is 24.0 Å². The van der Waals surface area contributed by atoms with E-state index < -0.39 is 0 Å². The number of hydrogen-bond acceptors (Lipinski definition) is 4. The van der Waals surface area contributed by atoms with Crippen molar-refractivity contribution < 1.29 is 9.59 Å². The lowest BCUT2D eigenvalue weighted by atomic mass is 10.2. The number of nitrogens with zero attached hydrogens (tertiary/aromatic N) is 2. The molecule has 138 valence electrons. The molecule has 0 aromatic heterocycles. The lowest BCUT2D eigenvalue weighted by Crippen LogP contribution is -2.41. The molecule has 0 spiro atoms. The maximum Gasteiger partial charge on any atom is 0.266 e. The second kappa shape index (κ2) is 8.97. The fourth-order valence-electron chi connectivity index (χ4n) is 2.75. The molecule has 2 amide bonds. The van der Waals surface area contributed by atoms with Crippen LogP contribution in [0.1, 0.15) is 18.1 Å². The van der Waals surface area contributed by atoms with E-state index in [2.05, 4.69) is 0 Å². The van der Waals surface area contributed by atoms with E-state index in [9.17, 15) is 9.59 Å². The summed E-state index contributed by atoms with van der Waals surface area (Å²) >= 11 is 6.58. The summed E-state index contributed by atoms with van der Waals surface area (Å²) in [5.41, 5.74) is 1.99. The largest absolute Gasteiger partial charge is 0.337 e. The van der Waals surface area contributed by atoms with Gasteiger partial charge in [-0.1, -0.05) is 84.6 Å². The van der Waals surface area contributed by atoms with E-state index in [1.54, 1.807) is 4.90 Å². The highest BCUT2D eigenvalue weighted by molar-refractivity contribution is 8.26. The van der Waals surface area contributed by atoms with Gasteiger partial charge >= 0.3 is 0 Å². The number of thioether (sulfide) groups is 1. The minimum atomic E-state index is -0.210. The molecular weight excluding hydrogens is 376 g/mol. The zero-order chi connectivity index (χ0) is 19.2. The Morgan fingerprint density at radius 3 is 2.37 bits per heavy atom. The first-order chi connectivity index (χ1) is 13.1. The minimum Gasteiger partial charge on any atom is -0.337 e. The van der Waals surface area contributed by atoms with E-state index in [4.69, 9.17) is 12.2 Å². The molecule has 1 aliphatic heterocycles. The maximum absolute atomic E-state index is 12.7. The Morgan fingerprint density at radius 1 is 1.11 bits per heavy atom. The maximum atomic E-state index is 12.7. The molecule has 0 atom stereocenters. The van der Waals surface area contributed by atoms with Crippen molar-refractivity contribution in [1.29, 1.82) is 0 Å². The molecule has 1 aliphatic rings. The third-order valence-corrected chi connectivity index (χ3v) is 5.59. The topological polar surface area (TPSA) is 40.6 Å². The van der Waals surface area contributed by atoms with Gasteiger partial charge in [-0.15, -0.1) is 0 Å². The lowest BCUT2D eigenvalue weighted by molar-refractivity contribution is -0.135. The highest BCUT2D eigenvalue weighted by Gasteiger charge is 2.34. The van der Waals surface area contributed by atoms with Gasteiger partial charge < -0.3 is 4.90 Å². The van der Waals surface area contributed by atoms with Crippen LogP contribution in [-0.4, -0.2) is 39.0 Å². The first-order valence-corrected chi connectivity index (χ1v) is 9.93. The zero-order valence-electron chi connectivity index (χ0n) is 15.0. The van der Waals surface area contributed by atoms with Gasteiger partial charge in [-0.2, -0.15) is 0 Å². The molecule has 2 aromatic rings. The van der Waals surface area contributed by atoms with E-state index in [1.165, 1.54) is 16.7 Å². The number of hydrogen-bond donors (Lipinski definition) is 0. The van der Waals surface area contributed by atoms with Gasteiger partial charge in [-0.3, -0.25) is 14.5 Å². The predicted molar refractivity (Wildman–Crippen MR) is 114 cm³/mol. The molecule has 0 unspecified atom stereocenters. The summed E-state index contributed by atoms with van der Waals surface area (Å²) in [6, 6.07) is 19.4. The molecule has 6 heteroatoms. The van der Waals surface area contributed by atoms with Crippen molar-refractivity contribution in [3.05, 3.63) is 76.7 Å². The van der Waals surface area contributed by atoms with Crippen molar-refractivity contribution in [1.82, 2.24) is 9.80 Å². The average Bonchev–Trinajstić information content (AvgIpc) is 2.95. The monoisotopic (exact) mass is 396 g/mol. The van der Waals surface area contributed by atoms with Crippen molar-refractivity contribution in [3.8, 4) is 0 Å². The minimum absolute atomic E-state index is 0.0303. The third-order valence-electron chi connectivity index (χ3n) is 4.21. The molecule has 0 N–H and O–H groups in total. The van der Waals surface area contributed by atoms with Gasteiger partial charge in [0.25, 0.3) is 5.91 Å². The Balaban J connectivity index is 1.69. The van der Waals surface area contributed by atoms with E-state index in [0.29, 0.717) is 22.3 Å². The number of benzene rings is 2. The summed E-state index contributed by atoms with van der Waals surface area (Å²) in [5, 5.41) is 0. The lowest BCUT2D eigenvalue weighted by Gasteiger charge is -2.23. The van der Waals surface area contributed by atoms with E-state index in [0.717, 1.165) is 11.1 Å². The van der Waals surface area contributed by atoms with Gasteiger partial charge in [0.2, 0.25) is 5.91 Å². The van der Waals surface area contributed by atoms with Crippen molar-refractivity contribution >= 4 is 46.2 Å². The van der Waals surface area contributed by atoms with Crippen LogP contribution < -0.4 is 0 Å². The molecule has 1 saturated heterocycles. The molecule has 0 bridgehead atoms. The molecule has 27 heavy (non-hydrogen) atoms. The van der Waals surface area contributed by atoms with Crippen LogP contribution in [0.5, 0.6) is 0 Å². The number of thiocarbonyl (C=S) groups is 1. The Labute approximate surface area is 168 Å². The van der Waals surface area contributed by atoms with Crippen molar-refractivity contribution in [2.75, 3.05) is 13.1 Å². The van der Waals surface area contributed by atoms with Crippen LogP contribution in [0.3, 0.4) is 0 Å². The summed E-state index contributed by atoms with van der Waals surface area (Å²) in [5.74, 6) is -0.323. The summed E-state index contributed by atoms with van der Waals surface area (Å²) in [7, 11) is 0. The van der Waals surface area contributed by atoms with Crippen LogP contribution in [0.2, 0.25) is 0 Å². The highest BCUT2D eigenvalue weighted by atomic mass is 32.2. The van der Waals surface area contributed by atoms with Gasteiger partial charge in [0, 0.05) is 13.1 Å². The summed E-state index contributed by atoms with van der Waals surface area (Å²) in [6.45, 7) is 2.99. The molecule has 0 saturated carbocycles. The van der Waals surface area contributed by atoms with Gasteiger partial charge in [-0.05, 0) is 24.1 Å². The van der Waals surface area contributed by atoms with Crippen LogP contribution in [0, 0.1) is 0 Å². The van der Waals surface area contributed by atoms with Crippen LogP contribution in [0.25, 0.3) is 6.08 Å². The fourth-order valence-corrected chi connectivity index (χ4v) is 4.01. The second-order valence-electron chi connectivity index (χ2n) is 6.07. The van der Waals surface area contributed by atoms with Crippen LogP contribution in [0.4, 0.5) is 0 Å². The summed E-state index contributed by atoms with van der Waals surface area (Å²) in [4.78, 5) is 29.1. The molecule has 0 radical (unpaired) electrons. The first kappa shape index (κ1) is 19.3. The number of carbonyl (C=O) groups excluding carboxylic acids is 2. The summed E-state index contributed by atoms with van der Waals surface area (Å²) in [6.07, 6.45) is 1.81. The van der Waals surface area contributed by atoms with Gasteiger partial charge in [-0.25, -0.2) is 0 Å². The Morgan fingerprint density at radius 2 is 1.74 bits per heavy atom. The molecule has 1 fully saturated rings. The number of carbonyl (C=O) groups is 2. The van der Waals surface area contributed by atoms with Crippen molar-refractivity contribution in [3.63, 3.8) is 0 Å². The normalized spacial score (nSPS) is 15.4. The number of rotatable bonds is 6. The highest BCUT2D eigenvalue weighted by Crippen LogP contribution is 2.32. The molecule has 2 aromatic carbocycles. The predicted octanol–water partition coefficient (Wildman–Crippen LogP) is 3.94. The van der Waals surface area contributed by atoms with Gasteiger partial charge in [0.1, 0.15) is 10.9 Å². The molecular formula is C21H20N2O2S2. The quantitative estimate of drug-likeness (QED) is 0.548. The zero-order valence-corrected chi connectivity index (χ0v) is 16.6. The van der Waals surface area contributed by atoms with Gasteiger partial charge in [0.15, 0.2) is 0 Å². The van der Waals surface area contributed by atoms with Crippen LogP contribution in [0.15, 0.2) is 65.6 Å². The smallest absolute Gasteiger partial charge is 0.266 e. The standard InChI is InChI=1S/C21H20N2O2S2/c1-2-22(14-17-11-7-4-8-12-17)19(24)15-23-20(25)18(27-21(23)26)13-16-9-5-3-6-10-16/h3-13H,2,14-15H2,1H3. The van der Waals surface area contributed by atoms with Crippen molar-refractivity contribution in [2.24, 2.45) is 0 Å². The molecule has 3 rings (SSSR count). The Hall–Kier alpha value is -2.44. The average molecular weight is 397 g/mol. The van der Waals surface area contributed by atoms with Gasteiger partial charge in [0.05, 0.1) is 4.91 Å². The third kappa shape index (κ3) is 4.84.